The molecular weight excluding hydrogens is 354 g/mol. The van der Waals surface area contributed by atoms with Crippen LogP contribution in [0.25, 0.3) is 11.0 Å². The average Bonchev–Trinajstić information content (AvgIpc) is 3.29. The summed E-state index contributed by atoms with van der Waals surface area (Å²) in [5, 5.41) is 23.7. The van der Waals surface area contributed by atoms with E-state index in [-0.39, 0.29) is 6.42 Å². The van der Waals surface area contributed by atoms with E-state index in [1.165, 1.54) is 5.56 Å². The summed E-state index contributed by atoms with van der Waals surface area (Å²) in [5.41, 5.74) is 4.23. The van der Waals surface area contributed by atoms with Gasteiger partial charge in [0, 0.05) is 29.4 Å². The summed E-state index contributed by atoms with van der Waals surface area (Å²) in [6.07, 6.45) is 4.43. The van der Waals surface area contributed by atoms with Crippen LogP contribution in [0.1, 0.15) is 41.7 Å². The van der Waals surface area contributed by atoms with Gasteiger partial charge in [0.2, 0.25) is 0 Å². The summed E-state index contributed by atoms with van der Waals surface area (Å²) in [6.45, 7) is 0. The molecule has 0 saturated heterocycles. The van der Waals surface area contributed by atoms with Crippen molar-refractivity contribution in [2.75, 3.05) is 0 Å². The number of carbonyl (C=O) groups is 1. The molecule has 5 heteroatoms. The lowest BCUT2D eigenvalue weighted by atomic mass is 9.91. The van der Waals surface area contributed by atoms with Crippen molar-refractivity contribution >= 4 is 22.7 Å². The smallest absolute Gasteiger partial charge is 0.306 e. The molecule has 5 nitrogen and oxygen atoms in total. The minimum absolute atomic E-state index is 0.171. The zero-order chi connectivity index (χ0) is 19.5. The second-order valence-corrected chi connectivity index (χ2v) is 7.38. The maximum absolute atomic E-state index is 11.8. The lowest BCUT2D eigenvalue weighted by Crippen LogP contribution is -2.19. The first-order valence-corrected chi connectivity index (χ1v) is 9.68. The Balaban J connectivity index is 1.52. The molecule has 0 radical (unpaired) electrons. The lowest BCUT2D eigenvalue weighted by Gasteiger charge is -2.13. The van der Waals surface area contributed by atoms with Crippen LogP contribution >= 0.6 is 0 Å². The molecule has 0 fully saturated rings. The van der Waals surface area contributed by atoms with E-state index in [0.29, 0.717) is 24.1 Å². The van der Waals surface area contributed by atoms with Crippen LogP contribution < -0.4 is 0 Å². The lowest BCUT2D eigenvalue weighted by molar-refractivity contribution is -0.141. The average molecular weight is 377 g/mol. The van der Waals surface area contributed by atoms with Crippen LogP contribution in [0.15, 0.2) is 58.1 Å². The number of carboxylic acid groups (broad SMARTS) is 1. The molecule has 28 heavy (non-hydrogen) atoms. The first-order valence-electron chi connectivity index (χ1n) is 9.68. The van der Waals surface area contributed by atoms with Crippen LogP contribution in [-0.2, 0) is 24.1 Å². The van der Waals surface area contributed by atoms with Crippen molar-refractivity contribution in [2.24, 2.45) is 11.1 Å². The molecule has 0 saturated carbocycles. The van der Waals surface area contributed by atoms with Gasteiger partial charge in [-0.2, -0.15) is 0 Å². The molecule has 1 aliphatic rings. The van der Waals surface area contributed by atoms with E-state index in [1.54, 1.807) is 0 Å². The Bertz CT molecular complexity index is 1020. The SMILES string of the molecule is O=C(O)[C@@H](CCc1ccccc1)CC(=NO)c1ccc2c3c(oc2c1)CCC3. The Morgan fingerprint density at radius 1 is 1.14 bits per heavy atom. The number of carboxylic acids is 1. The van der Waals surface area contributed by atoms with Gasteiger partial charge in [0.15, 0.2) is 0 Å². The van der Waals surface area contributed by atoms with Gasteiger partial charge >= 0.3 is 5.97 Å². The van der Waals surface area contributed by atoms with Gasteiger partial charge < -0.3 is 14.7 Å². The number of aryl methyl sites for hydroxylation is 3. The van der Waals surface area contributed by atoms with Gasteiger partial charge in [-0.3, -0.25) is 4.79 Å². The summed E-state index contributed by atoms with van der Waals surface area (Å²) < 4.78 is 5.95. The number of benzene rings is 2. The van der Waals surface area contributed by atoms with Crippen molar-refractivity contribution < 1.29 is 19.5 Å². The van der Waals surface area contributed by atoms with Crippen molar-refractivity contribution in [3.63, 3.8) is 0 Å². The van der Waals surface area contributed by atoms with Crippen LogP contribution in [0.3, 0.4) is 0 Å². The fourth-order valence-electron chi connectivity index (χ4n) is 4.03. The van der Waals surface area contributed by atoms with Gasteiger partial charge in [-0.15, -0.1) is 0 Å². The fraction of sp³-hybridized carbons (Fsp3) is 0.304. The van der Waals surface area contributed by atoms with Crippen LogP contribution in [0.5, 0.6) is 0 Å². The Morgan fingerprint density at radius 3 is 2.71 bits per heavy atom. The van der Waals surface area contributed by atoms with Gasteiger partial charge in [0.1, 0.15) is 11.3 Å². The van der Waals surface area contributed by atoms with Crippen molar-refractivity contribution in [2.45, 2.75) is 38.5 Å². The van der Waals surface area contributed by atoms with Crippen molar-refractivity contribution in [1.29, 1.82) is 0 Å². The zero-order valence-electron chi connectivity index (χ0n) is 15.6. The monoisotopic (exact) mass is 377 g/mol. The Hall–Kier alpha value is -3.08. The van der Waals surface area contributed by atoms with Gasteiger partial charge in [-0.25, -0.2) is 0 Å². The number of furan rings is 1. The molecule has 0 aliphatic heterocycles. The quantitative estimate of drug-likeness (QED) is 0.351. The summed E-state index contributed by atoms with van der Waals surface area (Å²) in [4.78, 5) is 11.8. The van der Waals surface area contributed by atoms with Gasteiger partial charge in [-0.1, -0.05) is 47.6 Å². The molecule has 3 aromatic rings. The number of fused-ring (bicyclic) bond motifs is 3. The van der Waals surface area contributed by atoms with Crippen molar-refractivity contribution in [1.82, 2.24) is 0 Å². The third-order valence-electron chi connectivity index (χ3n) is 5.57. The normalized spacial score (nSPS) is 14.9. The fourth-order valence-corrected chi connectivity index (χ4v) is 4.03. The number of rotatable bonds is 7. The van der Waals surface area contributed by atoms with E-state index < -0.39 is 11.9 Å². The zero-order valence-corrected chi connectivity index (χ0v) is 15.6. The molecule has 4 rings (SSSR count). The van der Waals surface area contributed by atoms with Crippen LogP contribution in [0, 0.1) is 5.92 Å². The number of hydrogen-bond acceptors (Lipinski definition) is 4. The molecule has 0 unspecified atom stereocenters. The van der Waals surface area contributed by atoms with Crippen molar-refractivity contribution in [3.8, 4) is 0 Å². The summed E-state index contributed by atoms with van der Waals surface area (Å²) >= 11 is 0. The first-order chi connectivity index (χ1) is 13.7. The van der Waals surface area contributed by atoms with E-state index in [4.69, 9.17) is 4.42 Å². The second kappa shape index (κ2) is 7.89. The number of aliphatic carboxylic acids is 1. The summed E-state index contributed by atoms with van der Waals surface area (Å²) in [6, 6.07) is 15.6. The first kappa shape index (κ1) is 18.3. The van der Waals surface area contributed by atoms with E-state index in [0.717, 1.165) is 41.6 Å². The molecule has 1 aliphatic carbocycles. The largest absolute Gasteiger partial charge is 0.481 e. The Kier molecular flexibility index (Phi) is 5.15. The molecular formula is C23H23NO4. The van der Waals surface area contributed by atoms with Gasteiger partial charge in [0.05, 0.1) is 11.6 Å². The van der Waals surface area contributed by atoms with Crippen molar-refractivity contribution in [3.05, 3.63) is 71.0 Å². The van der Waals surface area contributed by atoms with E-state index >= 15 is 0 Å². The molecule has 144 valence electrons. The Morgan fingerprint density at radius 2 is 1.96 bits per heavy atom. The van der Waals surface area contributed by atoms with E-state index in [1.807, 2.05) is 48.5 Å². The van der Waals surface area contributed by atoms with E-state index in [2.05, 4.69) is 5.16 Å². The van der Waals surface area contributed by atoms with E-state index in [9.17, 15) is 15.1 Å². The highest BCUT2D eigenvalue weighted by Crippen LogP contribution is 2.33. The Labute approximate surface area is 163 Å². The predicted octanol–water partition coefficient (Wildman–Crippen LogP) is 4.82. The molecule has 2 N–H and O–H groups in total. The second-order valence-electron chi connectivity index (χ2n) is 7.38. The molecule has 1 heterocycles. The topological polar surface area (TPSA) is 83.0 Å². The molecule has 0 spiro atoms. The van der Waals surface area contributed by atoms with Crippen LogP contribution in [-0.4, -0.2) is 22.0 Å². The number of nitrogens with zero attached hydrogens (tertiary/aromatic N) is 1. The third kappa shape index (κ3) is 3.65. The highest BCUT2D eigenvalue weighted by molar-refractivity contribution is 6.04. The van der Waals surface area contributed by atoms with Gasteiger partial charge in [-0.05, 0) is 37.3 Å². The van der Waals surface area contributed by atoms with Crippen LogP contribution in [0.2, 0.25) is 0 Å². The molecule has 0 bridgehead atoms. The maximum atomic E-state index is 11.8. The van der Waals surface area contributed by atoms with Crippen LogP contribution in [0.4, 0.5) is 0 Å². The molecule has 0 amide bonds. The number of hydrogen-bond donors (Lipinski definition) is 2. The standard InChI is InChI=1S/C23H23NO4/c25-23(26)17(10-9-15-5-2-1-3-6-15)13-20(24-27)16-11-12-19-18-7-4-8-21(18)28-22(19)14-16/h1-3,5-6,11-12,14,17,27H,4,7-10,13H2,(H,25,26)/t17-/m0/s1. The minimum Gasteiger partial charge on any atom is -0.481 e. The highest BCUT2D eigenvalue weighted by Gasteiger charge is 2.23. The summed E-state index contributed by atoms with van der Waals surface area (Å²) in [5.74, 6) is -0.459. The molecule has 1 aromatic heterocycles. The molecule has 2 aromatic carbocycles. The summed E-state index contributed by atoms with van der Waals surface area (Å²) in [7, 11) is 0. The number of oxime groups is 1. The third-order valence-corrected chi connectivity index (χ3v) is 5.57. The highest BCUT2D eigenvalue weighted by atomic mass is 16.4. The van der Waals surface area contributed by atoms with Gasteiger partial charge in [0.25, 0.3) is 0 Å². The molecule has 1 atom stereocenters. The predicted molar refractivity (Wildman–Crippen MR) is 107 cm³/mol. The maximum Gasteiger partial charge on any atom is 0.306 e. The minimum atomic E-state index is -0.880.